The van der Waals surface area contributed by atoms with Crippen molar-refractivity contribution < 1.29 is 14.3 Å². The SMILES string of the molecule is CCOC(=O)c1ccnc(Cl)c1OC. The van der Waals surface area contributed by atoms with Crippen molar-refractivity contribution in [2.75, 3.05) is 13.7 Å². The van der Waals surface area contributed by atoms with Crippen molar-refractivity contribution >= 4 is 17.6 Å². The van der Waals surface area contributed by atoms with Crippen molar-refractivity contribution in [1.82, 2.24) is 4.98 Å². The number of pyridine rings is 1. The smallest absolute Gasteiger partial charge is 0.342 e. The molecule has 5 heteroatoms. The standard InChI is InChI=1S/C9H10ClNO3/c1-3-14-9(12)6-4-5-11-8(10)7(6)13-2/h4-5H,3H2,1-2H3. The van der Waals surface area contributed by atoms with Gasteiger partial charge < -0.3 is 9.47 Å². The second kappa shape index (κ2) is 4.81. The van der Waals surface area contributed by atoms with Gasteiger partial charge in [-0.1, -0.05) is 11.6 Å². The summed E-state index contributed by atoms with van der Waals surface area (Å²) in [5.74, 6) is -0.221. The maximum Gasteiger partial charge on any atom is 0.342 e. The van der Waals surface area contributed by atoms with E-state index < -0.39 is 5.97 Å². The highest BCUT2D eigenvalue weighted by atomic mass is 35.5. The second-order valence-corrected chi connectivity index (χ2v) is 2.76. The molecule has 0 atom stereocenters. The van der Waals surface area contributed by atoms with Crippen LogP contribution >= 0.6 is 11.6 Å². The van der Waals surface area contributed by atoms with Crippen LogP contribution in [-0.2, 0) is 4.74 Å². The summed E-state index contributed by atoms with van der Waals surface area (Å²) in [6, 6.07) is 1.50. The van der Waals surface area contributed by atoms with Gasteiger partial charge in [0.25, 0.3) is 0 Å². The van der Waals surface area contributed by atoms with Crippen molar-refractivity contribution in [2.45, 2.75) is 6.92 Å². The number of ether oxygens (including phenoxy) is 2. The lowest BCUT2D eigenvalue weighted by molar-refractivity contribution is 0.0522. The van der Waals surface area contributed by atoms with E-state index in [4.69, 9.17) is 21.1 Å². The third-order valence-electron chi connectivity index (χ3n) is 1.56. The minimum atomic E-state index is -0.464. The molecule has 0 fully saturated rings. The van der Waals surface area contributed by atoms with Crippen LogP contribution in [0, 0.1) is 0 Å². The van der Waals surface area contributed by atoms with Crippen molar-refractivity contribution in [3.05, 3.63) is 23.0 Å². The first-order valence-electron chi connectivity index (χ1n) is 4.06. The van der Waals surface area contributed by atoms with Gasteiger partial charge >= 0.3 is 5.97 Å². The van der Waals surface area contributed by atoms with Crippen LogP contribution in [0.2, 0.25) is 5.15 Å². The van der Waals surface area contributed by atoms with Crippen LogP contribution in [0.15, 0.2) is 12.3 Å². The lowest BCUT2D eigenvalue weighted by Gasteiger charge is -2.07. The average Bonchev–Trinajstić information content (AvgIpc) is 2.17. The third-order valence-corrected chi connectivity index (χ3v) is 1.83. The van der Waals surface area contributed by atoms with Gasteiger partial charge in [-0.2, -0.15) is 0 Å². The first-order valence-corrected chi connectivity index (χ1v) is 4.44. The Bertz CT molecular complexity index is 341. The van der Waals surface area contributed by atoms with Crippen LogP contribution in [-0.4, -0.2) is 24.7 Å². The molecular formula is C9H10ClNO3. The van der Waals surface area contributed by atoms with Crippen LogP contribution in [0.3, 0.4) is 0 Å². The number of rotatable bonds is 3. The Morgan fingerprint density at radius 1 is 1.64 bits per heavy atom. The molecule has 0 amide bonds. The van der Waals surface area contributed by atoms with Crippen molar-refractivity contribution in [1.29, 1.82) is 0 Å². The number of esters is 1. The summed E-state index contributed by atoms with van der Waals surface area (Å²) in [7, 11) is 1.42. The van der Waals surface area contributed by atoms with E-state index >= 15 is 0 Å². The number of nitrogens with zero attached hydrogens (tertiary/aromatic N) is 1. The van der Waals surface area contributed by atoms with E-state index in [1.54, 1.807) is 6.92 Å². The van der Waals surface area contributed by atoms with Crippen LogP contribution in [0.1, 0.15) is 17.3 Å². The number of hydrogen-bond donors (Lipinski definition) is 0. The number of aromatic nitrogens is 1. The molecule has 1 aromatic rings. The Balaban J connectivity index is 3.07. The molecule has 14 heavy (non-hydrogen) atoms. The minimum Gasteiger partial charge on any atom is -0.493 e. The van der Waals surface area contributed by atoms with E-state index in [1.165, 1.54) is 19.4 Å². The fourth-order valence-electron chi connectivity index (χ4n) is 0.986. The van der Waals surface area contributed by atoms with E-state index in [2.05, 4.69) is 4.98 Å². The molecule has 0 aliphatic rings. The van der Waals surface area contributed by atoms with Gasteiger partial charge in [-0.25, -0.2) is 9.78 Å². The van der Waals surface area contributed by atoms with E-state index in [1.807, 2.05) is 0 Å². The minimum absolute atomic E-state index is 0.151. The summed E-state index contributed by atoms with van der Waals surface area (Å²) in [5.41, 5.74) is 0.286. The van der Waals surface area contributed by atoms with E-state index in [0.717, 1.165) is 0 Å². The van der Waals surface area contributed by atoms with Gasteiger partial charge in [0.15, 0.2) is 10.9 Å². The molecular weight excluding hydrogens is 206 g/mol. The normalized spacial score (nSPS) is 9.64. The largest absolute Gasteiger partial charge is 0.493 e. The average molecular weight is 216 g/mol. The highest BCUT2D eigenvalue weighted by Gasteiger charge is 2.16. The van der Waals surface area contributed by atoms with Crippen molar-refractivity contribution in [3.8, 4) is 5.75 Å². The Kier molecular flexibility index (Phi) is 3.71. The quantitative estimate of drug-likeness (QED) is 0.571. The molecule has 0 aliphatic carbocycles. The molecule has 0 saturated carbocycles. The summed E-state index contributed by atoms with van der Waals surface area (Å²) < 4.78 is 9.77. The molecule has 0 N–H and O–H groups in total. The van der Waals surface area contributed by atoms with Gasteiger partial charge in [-0.15, -0.1) is 0 Å². The molecule has 0 saturated heterocycles. The Labute approximate surface area is 86.8 Å². The molecule has 1 aromatic heterocycles. The first kappa shape index (κ1) is 10.8. The zero-order chi connectivity index (χ0) is 10.6. The molecule has 0 aromatic carbocycles. The van der Waals surface area contributed by atoms with Gasteiger partial charge in [0.2, 0.25) is 0 Å². The highest BCUT2D eigenvalue weighted by Crippen LogP contribution is 2.26. The monoisotopic (exact) mass is 215 g/mol. The first-order chi connectivity index (χ1) is 6.70. The van der Waals surface area contributed by atoms with Crippen LogP contribution < -0.4 is 4.74 Å². The Morgan fingerprint density at radius 3 is 2.93 bits per heavy atom. The zero-order valence-corrected chi connectivity index (χ0v) is 8.67. The summed E-state index contributed by atoms with van der Waals surface area (Å²) >= 11 is 5.73. The summed E-state index contributed by atoms with van der Waals surface area (Å²) in [4.78, 5) is 15.2. The molecule has 0 bridgehead atoms. The van der Waals surface area contributed by atoms with E-state index in [9.17, 15) is 4.79 Å². The lowest BCUT2D eigenvalue weighted by Crippen LogP contribution is -2.07. The van der Waals surface area contributed by atoms with E-state index in [0.29, 0.717) is 6.61 Å². The van der Waals surface area contributed by atoms with Crippen molar-refractivity contribution in [3.63, 3.8) is 0 Å². The molecule has 76 valence electrons. The number of carbonyl (C=O) groups excluding carboxylic acids is 1. The fourth-order valence-corrected chi connectivity index (χ4v) is 1.22. The molecule has 0 unspecified atom stereocenters. The fraction of sp³-hybridized carbons (Fsp3) is 0.333. The summed E-state index contributed by atoms with van der Waals surface area (Å²) in [6.07, 6.45) is 1.43. The van der Waals surface area contributed by atoms with Crippen LogP contribution in [0.25, 0.3) is 0 Å². The summed E-state index contributed by atoms with van der Waals surface area (Å²) in [6.45, 7) is 2.04. The van der Waals surface area contributed by atoms with Crippen LogP contribution in [0.5, 0.6) is 5.75 Å². The second-order valence-electron chi connectivity index (χ2n) is 2.40. The Morgan fingerprint density at radius 2 is 2.36 bits per heavy atom. The van der Waals surface area contributed by atoms with Crippen molar-refractivity contribution in [2.24, 2.45) is 0 Å². The molecule has 0 radical (unpaired) electrons. The molecule has 1 rings (SSSR count). The maximum atomic E-state index is 11.4. The lowest BCUT2D eigenvalue weighted by atomic mass is 10.2. The van der Waals surface area contributed by atoms with E-state index in [-0.39, 0.29) is 16.5 Å². The number of carbonyl (C=O) groups is 1. The van der Waals surface area contributed by atoms with Gasteiger partial charge in [-0.05, 0) is 13.0 Å². The predicted octanol–water partition coefficient (Wildman–Crippen LogP) is 1.92. The van der Waals surface area contributed by atoms with Crippen LogP contribution in [0.4, 0.5) is 0 Å². The highest BCUT2D eigenvalue weighted by molar-refractivity contribution is 6.31. The number of halogens is 1. The third kappa shape index (κ3) is 2.14. The van der Waals surface area contributed by atoms with Gasteiger partial charge in [0, 0.05) is 6.20 Å². The molecule has 4 nitrogen and oxygen atoms in total. The number of methoxy groups -OCH3 is 1. The van der Waals surface area contributed by atoms with Gasteiger partial charge in [0.05, 0.1) is 13.7 Å². The number of hydrogen-bond acceptors (Lipinski definition) is 4. The molecule has 0 aliphatic heterocycles. The van der Waals surface area contributed by atoms with Gasteiger partial charge in [0.1, 0.15) is 5.56 Å². The predicted molar refractivity (Wildman–Crippen MR) is 51.8 cm³/mol. The molecule has 0 spiro atoms. The van der Waals surface area contributed by atoms with Gasteiger partial charge in [-0.3, -0.25) is 0 Å². The topological polar surface area (TPSA) is 48.4 Å². The Hall–Kier alpha value is -1.29. The summed E-state index contributed by atoms with van der Waals surface area (Å²) in [5, 5.41) is 0.151. The maximum absolute atomic E-state index is 11.4. The zero-order valence-electron chi connectivity index (χ0n) is 7.91. The molecule has 1 heterocycles.